The number of aryl methyl sites for hydroxylation is 1. The Bertz CT molecular complexity index is 711. The SMILES string of the molecule is CC(=O)N[C@@H](CC(=O)NCCc1ccc(F)cc1)c1ccc(C)cc1. The van der Waals surface area contributed by atoms with Crippen LogP contribution >= 0.6 is 0 Å². The minimum absolute atomic E-state index is 0.138. The van der Waals surface area contributed by atoms with Crippen molar-refractivity contribution in [2.75, 3.05) is 6.54 Å². The van der Waals surface area contributed by atoms with Gasteiger partial charge >= 0.3 is 0 Å². The molecule has 0 bridgehead atoms. The number of amides is 2. The quantitative estimate of drug-likeness (QED) is 0.812. The molecule has 0 aliphatic carbocycles. The van der Waals surface area contributed by atoms with Gasteiger partial charge in [0.25, 0.3) is 0 Å². The first-order valence-electron chi connectivity index (χ1n) is 8.29. The zero-order valence-electron chi connectivity index (χ0n) is 14.5. The van der Waals surface area contributed by atoms with E-state index >= 15 is 0 Å². The number of rotatable bonds is 7. The van der Waals surface area contributed by atoms with E-state index in [1.54, 1.807) is 12.1 Å². The average Bonchev–Trinajstić information content (AvgIpc) is 2.56. The van der Waals surface area contributed by atoms with Crippen LogP contribution in [0.15, 0.2) is 48.5 Å². The van der Waals surface area contributed by atoms with Crippen molar-refractivity contribution in [2.45, 2.75) is 32.7 Å². The molecule has 2 N–H and O–H groups in total. The maximum absolute atomic E-state index is 12.9. The molecule has 2 aromatic rings. The predicted molar refractivity (Wildman–Crippen MR) is 95.5 cm³/mol. The predicted octanol–water partition coefficient (Wildman–Crippen LogP) is 3.06. The van der Waals surface area contributed by atoms with E-state index in [9.17, 15) is 14.0 Å². The zero-order chi connectivity index (χ0) is 18.2. The lowest BCUT2D eigenvalue weighted by Crippen LogP contribution is -2.33. The molecule has 5 heteroatoms. The second-order valence-corrected chi connectivity index (χ2v) is 6.09. The van der Waals surface area contributed by atoms with Crippen LogP contribution in [0.2, 0.25) is 0 Å². The van der Waals surface area contributed by atoms with E-state index in [0.717, 1.165) is 16.7 Å². The van der Waals surface area contributed by atoms with Gasteiger partial charge in [-0.25, -0.2) is 4.39 Å². The number of nitrogens with one attached hydrogen (secondary N) is 2. The number of halogens is 1. The van der Waals surface area contributed by atoms with E-state index in [1.807, 2.05) is 31.2 Å². The zero-order valence-corrected chi connectivity index (χ0v) is 14.5. The van der Waals surface area contributed by atoms with Crippen molar-refractivity contribution >= 4 is 11.8 Å². The lowest BCUT2D eigenvalue weighted by Gasteiger charge is -2.18. The largest absolute Gasteiger partial charge is 0.356 e. The van der Waals surface area contributed by atoms with Crippen LogP contribution in [0.3, 0.4) is 0 Å². The topological polar surface area (TPSA) is 58.2 Å². The van der Waals surface area contributed by atoms with E-state index < -0.39 is 0 Å². The summed E-state index contributed by atoms with van der Waals surface area (Å²) >= 11 is 0. The van der Waals surface area contributed by atoms with Crippen LogP contribution in [0, 0.1) is 12.7 Å². The van der Waals surface area contributed by atoms with Crippen LogP contribution in [0.1, 0.15) is 36.1 Å². The molecule has 0 aliphatic rings. The molecule has 0 radical (unpaired) electrons. The Morgan fingerprint density at radius 3 is 2.28 bits per heavy atom. The fraction of sp³-hybridized carbons (Fsp3) is 0.300. The molecule has 0 saturated carbocycles. The first-order valence-corrected chi connectivity index (χ1v) is 8.29. The van der Waals surface area contributed by atoms with Crippen LogP contribution in [-0.4, -0.2) is 18.4 Å². The third-order valence-corrected chi connectivity index (χ3v) is 3.90. The summed E-state index contributed by atoms with van der Waals surface area (Å²) < 4.78 is 12.9. The summed E-state index contributed by atoms with van der Waals surface area (Å²) in [4.78, 5) is 23.6. The van der Waals surface area contributed by atoms with Gasteiger partial charge in [-0.1, -0.05) is 42.0 Å². The van der Waals surface area contributed by atoms with Gasteiger partial charge in [0.1, 0.15) is 5.82 Å². The molecule has 0 aromatic heterocycles. The van der Waals surface area contributed by atoms with Crippen molar-refractivity contribution in [2.24, 2.45) is 0 Å². The number of carbonyl (C=O) groups is 2. The van der Waals surface area contributed by atoms with Crippen molar-refractivity contribution in [1.29, 1.82) is 0 Å². The van der Waals surface area contributed by atoms with E-state index in [0.29, 0.717) is 13.0 Å². The highest BCUT2D eigenvalue weighted by molar-refractivity contribution is 5.79. The summed E-state index contributed by atoms with van der Waals surface area (Å²) in [5.74, 6) is -0.588. The van der Waals surface area contributed by atoms with Crippen molar-refractivity contribution in [3.05, 3.63) is 71.0 Å². The molecule has 2 rings (SSSR count). The van der Waals surface area contributed by atoms with Crippen LogP contribution < -0.4 is 10.6 Å². The van der Waals surface area contributed by atoms with Crippen LogP contribution in [0.5, 0.6) is 0 Å². The van der Waals surface area contributed by atoms with Gasteiger partial charge in [-0.2, -0.15) is 0 Å². The van der Waals surface area contributed by atoms with E-state index in [-0.39, 0.29) is 30.1 Å². The monoisotopic (exact) mass is 342 g/mol. The highest BCUT2D eigenvalue weighted by atomic mass is 19.1. The minimum atomic E-state index is -0.357. The molecule has 0 aliphatic heterocycles. The Morgan fingerprint density at radius 2 is 1.68 bits per heavy atom. The van der Waals surface area contributed by atoms with Crippen LogP contribution in [0.25, 0.3) is 0 Å². The molecule has 0 spiro atoms. The summed E-state index contributed by atoms with van der Waals surface area (Å²) in [5.41, 5.74) is 2.97. The summed E-state index contributed by atoms with van der Waals surface area (Å²) in [6.07, 6.45) is 0.799. The van der Waals surface area contributed by atoms with Crippen molar-refractivity contribution in [3.63, 3.8) is 0 Å². The van der Waals surface area contributed by atoms with Gasteiger partial charge in [-0.05, 0) is 36.6 Å². The van der Waals surface area contributed by atoms with Crippen molar-refractivity contribution in [3.8, 4) is 0 Å². The van der Waals surface area contributed by atoms with Gasteiger partial charge in [0.2, 0.25) is 11.8 Å². The van der Waals surface area contributed by atoms with Gasteiger partial charge in [0.15, 0.2) is 0 Å². The molecule has 0 unspecified atom stereocenters. The summed E-state index contributed by atoms with van der Waals surface area (Å²) in [6, 6.07) is 13.6. The molecule has 132 valence electrons. The van der Waals surface area contributed by atoms with Crippen LogP contribution in [-0.2, 0) is 16.0 Å². The van der Waals surface area contributed by atoms with Crippen molar-refractivity contribution in [1.82, 2.24) is 10.6 Å². The van der Waals surface area contributed by atoms with Gasteiger partial charge in [0, 0.05) is 13.5 Å². The van der Waals surface area contributed by atoms with E-state index in [1.165, 1.54) is 19.1 Å². The molecule has 1 atom stereocenters. The Balaban J connectivity index is 1.89. The number of benzene rings is 2. The second-order valence-electron chi connectivity index (χ2n) is 6.09. The third-order valence-electron chi connectivity index (χ3n) is 3.90. The van der Waals surface area contributed by atoms with E-state index in [4.69, 9.17) is 0 Å². The molecule has 2 aromatic carbocycles. The smallest absolute Gasteiger partial charge is 0.222 e. The molecule has 0 saturated heterocycles. The maximum atomic E-state index is 12.9. The van der Waals surface area contributed by atoms with Gasteiger partial charge in [0.05, 0.1) is 12.5 Å². The molecule has 0 fully saturated rings. The molecule has 25 heavy (non-hydrogen) atoms. The van der Waals surface area contributed by atoms with Crippen LogP contribution in [0.4, 0.5) is 4.39 Å². The molecular formula is C20H23FN2O2. The Hall–Kier alpha value is -2.69. The lowest BCUT2D eigenvalue weighted by atomic mass is 10.0. The summed E-state index contributed by atoms with van der Waals surface area (Å²) in [6.45, 7) is 3.89. The van der Waals surface area contributed by atoms with Crippen molar-refractivity contribution < 1.29 is 14.0 Å². The fourth-order valence-electron chi connectivity index (χ4n) is 2.55. The Morgan fingerprint density at radius 1 is 1.04 bits per heavy atom. The summed E-state index contributed by atoms with van der Waals surface area (Å²) in [5, 5.41) is 5.67. The van der Waals surface area contributed by atoms with Gasteiger partial charge < -0.3 is 10.6 Å². The molecule has 4 nitrogen and oxygen atoms in total. The Kier molecular flexibility index (Phi) is 6.69. The number of carbonyl (C=O) groups excluding carboxylic acids is 2. The second kappa shape index (κ2) is 8.97. The number of hydrogen-bond acceptors (Lipinski definition) is 2. The van der Waals surface area contributed by atoms with Gasteiger partial charge in [-0.3, -0.25) is 9.59 Å². The first-order chi connectivity index (χ1) is 11.9. The number of hydrogen-bond donors (Lipinski definition) is 2. The first kappa shape index (κ1) is 18.6. The highest BCUT2D eigenvalue weighted by Gasteiger charge is 2.16. The third kappa shape index (κ3) is 6.37. The minimum Gasteiger partial charge on any atom is -0.356 e. The lowest BCUT2D eigenvalue weighted by molar-refractivity contribution is -0.122. The highest BCUT2D eigenvalue weighted by Crippen LogP contribution is 2.17. The average molecular weight is 342 g/mol. The van der Waals surface area contributed by atoms with Gasteiger partial charge in [-0.15, -0.1) is 0 Å². The van der Waals surface area contributed by atoms with E-state index in [2.05, 4.69) is 10.6 Å². The fourth-order valence-corrected chi connectivity index (χ4v) is 2.55. The molecule has 0 heterocycles. The summed E-state index contributed by atoms with van der Waals surface area (Å²) in [7, 11) is 0. The Labute approximate surface area is 147 Å². The molecular weight excluding hydrogens is 319 g/mol. The molecule has 2 amide bonds. The standard InChI is InChI=1S/C20H23FN2O2/c1-14-3-7-17(8-4-14)19(23-15(2)24)13-20(25)22-12-11-16-5-9-18(21)10-6-16/h3-10,19H,11-13H2,1-2H3,(H,22,25)(H,23,24)/t19-/m0/s1. The normalized spacial score (nSPS) is 11.6. The maximum Gasteiger partial charge on any atom is 0.222 e.